The number of rotatable bonds is 3. The fourth-order valence-electron chi connectivity index (χ4n) is 3.56. The number of fused-ring (bicyclic) bond motifs is 1. The van der Waals surface area contributed by atoms with Crippen molar-refractivity contribution >= 4 is 32.8 Å². The summed E-state index contributed by atoms with van der Waals surface area (Å²) >= 11 is 1.04. The van der Waals surface area contributed by atoms with Crippen LogP contribution >= 0.6 is 11.3 Å². The highest BCUT2D eigenvalue weighted by molar-refractivity contribution is 7.91. The Morgan fingerprint density at radius 2 is 1.73 bits per heavy atom. The van der Waals surface area contributed by atoms with E-state index in [0.29, 0.717) is 4.88 Å². The Labute approximate surface area is 175 Å². The molecule has 2 aromatic carbocycles. The molecule has 4 nitrogen and oxygen atoms in total. The summed E-state index contributed by atoms with van der Waals surface area (Å²) in [6.45, 7) is 1.83. The van der Waals surface area contributed by atoms with Crippen LogP contribution in [0.15, 0.2) is 63.7 Å². The summed E-state index contributed by atoms with van der Waals surface area (Å²) in [6.07, 6.45) is -4.77. The van der Waals surface area contributed by atoms with Crippen LogP contribution in [0.5, 0.6) is 0 Å². The zero-order valence-electron chi connectivity index (χ0n) is 15.7. The molecule has 1 aliphatic heterocycles. The summed E-state index contributed by atoms with van der Waals surface area (Å²) in [5.41, 5.74) is 0.0893. The van der Waals surface area contributed by atoms with Gasteiger partial charge in [-0.15, -0.1) is 11.3 Å². The SMILES string of the molecule is Cc1ccc(S(=O)(=O)c2csc3c2NC(=O)CC3c2ccccc2C(F)(F)F)cc1. The summed E-state index contributed by atoms with van der Waals surface area (Å²) in [5, 5.41) is 3.95. The van der Waals surface area contributed by atoms with Crippen molar-refractivity contribution in [1.29, 1.82) is 0 Å². The van der Waals surface area contributed by atoms with Gasteiger partial charge in [0.25, 0.3) is 0 Å². The van der Waals surface area contributed by atoms with Crippen LogP contribution in [-0.2, 0) is 20.8 Å². The van der Waals surface area contributed by atoms with Crippen molar-refractivity contribution in [2.45, 2.75) is 35.2 Å². The average molecular weight is 451 g/mol. The van der Waals surface area contributed by atoms with Gasteiger partial charge in [-0.05, 0) is 30.7 Å². The summed E-state index contributed by atoms with van der Waals surface area (Å²) in [5.74, 6) is -1.40. The minimum atomic E-state index is -4.58. The van der Waals surface area contributed by atoms with Gasteiger partial charge in [-0.25, -0.2) is 8.42 Å². The van der Waals surface area contributed by atoms with E-state index in [1.54, 1.807) is 12.1 Å². The third-order valence-corrected chi connectivity index (χ3v) is 8.06. The van der Waals surface area contributed by atoms with E-state index in [9.17, 15) is 26.4 Å². The van der Waals surface area contributed by atoms with Gasteiger partial charge in [0, 0.05) is 22.6 Å². The van der Waals surface area contributed by atoms with E-state index >= 15 is 0 Å². The van der Waals surface area contributed by atoms with E-state index in [-0.39, 0.29) is 27.5 Å². The van der Waals surface area contributed by atoms with E-state index in [1.807, 2.05) is 6.92 Å². The van der Waals surface area contributed by atoms with E-state index < -0.39 is 33.4 Å². The van der Waals surface area contributed by atoms with Crippen LogP contribution in [0.2, 0.25) is 0 Å². The number of carbonyl (C=O) groups is 1. The molecule has 4 rings (SSSR count). The Morgan fingerprint density at radius 1 is 1.07 bits per heavy atom. The molecule has 2 heterocycles. The Balaban J connectivity index is 1.86. The topological polar surface area (TPSA) is 63.2 Å². The smallest absolute Gasteiger partial charge is 0.324 e. The second-order valence-electron chi connectivity index (χ2n) is 7.05. The molecule has 0 saturated carbocycles. The number of benzene rings is 2. The average Bonchev–Trinajstić information content (AvgIpc) is 3.11. The second-order valence-corrected chi connectivity index (χ2v) is 9.87. The molecular formula is C21H16F3NO3S2. The van der Waals surface area contributed by atoms with Crippen molar-refractivity contribution in [3.8, 4) is 0 Å². The molecule has 1 unspecified atom stereocenters. The standard InChI is InChI=1S/C21H16F3NO3S2/c1-12-6-8-13(9-7-12)30(27,28)17-11-29-20-15(10-18(26)25-19(17)20)14-4-2-3-5-16(14)21(22,23)24/h2-9,11,15H,10H2,1H3,(H,25,26). The van der Waals surface area contributed by atoms with E-state index in [2.05, 4.69) is 5.32 Å². The lowest BCUT2D eigenvalue weighted by molar-refractivity contribution is -0.138. The van der Waals surface area contributed by atoms with Gasteiger partial charge in [-0.1, -0.05) is 35.9 Å². The molecule has 9 heteroatoms. The van der Waals surface area contributed by atoms with Crippen LogP contribution in [0.3, 0.4) is 0 Å². The Bertz CT molecular complexity index is 1230. The third kappa shape index (κ3) is 3.52. The molecule has 1 aromatic heterocycles. The summed E-state index contributed by atoms with van der Waals surface area (Å²) in [4.78, 5) is 12.7. The first-order valence-electron chi connectivity index (χ1n) is 8.98. The minimum Gasteiger partial charge on any atom is -0.324 e. The molecule has 0 radical (unpaired) electrons. The molecule has 1 atom stereocenters. The number of sulfone groups is 1. The fraction of sp³-hybridized carbons (Fsp3) is 0.190. The number of thiophene rings is 1. The molecule has 1 amide bonds. The predicted octanol–water partition coefficient (Wildman–Crippen LogP) is 5.38. The van der Waals surface area contributed by atoms with Crippen molar-refractivity contribution in [1.82, 2.24) is 0 Å². The zero-order valence-corrected chi connectivity index (χ0v) is 17.3. The number of amides is 1. The van der Waals surface area contributed by atoms with E-state index in [0.717, 1.165) is 23.0 Å². The highest BCUT2D eigenvalue weighted by Gasteiger charge is 2.40. The van der Waals surface area contributed by atoms with Crippen molar-refractivity contribution in [2.24, 2.45) is 0 Å². The van der Waals surface area contributed by atoms with Crippen molar-refractivity contribution in [3.05, 3.63) is 75.5 Å². The molecule has 1 N–H and O–H groups in total. The van der Waals surface area contributed by atoms with Gasteiger partial charge in [0.2, 0.25) is 15.7 Å². The van der Waals surface area contributed by atoms with E-state index in [1.165, 1.54) is 35.7 Å². The fourth-order valence-corrected chi connectivity index (χ4v) is 6.46. The first-order chi connectivity index (χ1) is 14.1. The van der Waals surface area contributed by atoms with Gasteiger partial charge >= 0.3 is 6.18 Å². The molecule has 0 saturated heterocycles. The molecule has 0 fully saturated rings. The van der Waals surface area contributed by atoms with Gasteiger partial charge in [0.1, 0.15) is 4.90 Å². The van der Waals surface area contributed by atoms with Crippen LogP contribution in [0, 0.1) is 6.92 Å². The highest BCUT2D eigenvalue weighted by atomic mass is 32.2. The second kappa shape index (κ2) is 7.24. The number of carbonyl (C=O) groups excluding carboxylic acids is 1. The van der Waals surface area contributed by atoms with Crippen molar-refractivity contribution in [3.63, 3.8) is 0 Å². The Kier molecular flexibility index (Phi) is 4.98. The molecule has 0 bridgehead atoms. The number of anilines is 1. The third-order valence-electron chi connectivity index (χ3n) is 5.02. The molecular weight excluding hydrogens is 435 g/mol. The van der Waals surface area contributed by atoms with Gasteiger partial charge in [0.15, 0.2) is 0 Å². The molecule has 30 heavy (non-hydrogen) atoms. The monoisotopic (exact) mass is 451 g/mol. The first kappa shape index (κ1) is 20.6. The zero-order chi connectivity index (χ0) is 21.7. The van der Waals surface area contributed by atoms with Crippen molar-refractivity contribution < 1.29 is 26.4 Å². The van der Waals surface area contributed by atoms with Crippen molar-refractivity contribution in [2.75, 3.05) is 5.32 Å². The Morgan fingerprint density at radius 3 is 2.40 bits per heavy atom. The lowest BCUT2D eigenvalue weighted by Gasteiger charge is -2.26. The number of halogens is 3. The van der Waals surface area contributed by atoms with Crippen LogP contribution < -0.4 is 5.32 Å². The van der Waals surface area contributed by atoms with Crippen LogP contribution in [0.1, 0.15) is 33.9 Å². The largest absolute Gasteiger partial charge is 0.416 e. The predicted molar refractivity (Wildman–Crippen MR) is 107 cm³/mol. The summed E-state index contributed by atoms with van der Waals surface area (Å²) in [7, 11) is -3.95. The lowest BCUT2D eigenvalue weighted by atomic mass is 9.87. The van der Waals surface area contributed by atoms with Gasteiger partial charge < -0.3 is 5.32 Å². The normalized spacial score (nSPS) is 16.8. The number of nitrogens with one attached hydrogen (secondary N) is 1. The van der Waals surface area contributed by atoms with Gasteiger partial charge in [0.05, 0.1) is 16.1 Å². The molecule has 156 valence electrons. The maximum Gasteiger partial charge on any atom is 0.416 e. The molecule has 0 aliphatic carbocycles. The van der Waals surface area contributed by atoms with Crippen LogP contribution in [-0.4, -0.2) is 14.3 Å². The quantitative estimate of drug-likeness (QED) is 0.581. The summed E-state index contributed by atoms with van der Waals surface area (Å²) in [6, 6.07) is 11.3. The minimum absolute atomic E-state index is 0.0396. The number of hydrogen-bond donors (Lipinski definition) is 1. The van der Waals surface area contributed by atoms with Crippen LogP contribution in [0.25, 0.3) is 0 Å². The molecule has 3 aromatic rings. The van der Waals surface area contributed by atoms with Gasteiger partial charge in [-0.2, -0.15) is 13.2 Å². The highest BCUT2D eigenvalue weighted by Crippen LogP contribution is 2.48. The van der Waals surface area contributed by atoms with Gasteiger partial charge in [-0.3, -0.25) is 4.79 Å². The maximum atomic E-state index is 13.5. The maximum absolute atomic E-state index is 13.5. The number of aryl methyl sites for hydroxylation is 1. The van der Waals surface area contributed by atoms with E-state index in [4.69, 9.17) is 0 Å². The Hall–Kier alpha value is -2.65. The lowest BCUT2D eigenvalue weighted by Crippen LogP contribution is -2.25. The summed E-state index contributed by atoms with van der Waals surface area (Å²) < 4.78 is 66.9. The number of alkyl halides is 3. The first-order valence-corrected chi connectivity index (χ1v) is 11.3. The molecule has 0 spiro atoms. The molecule has 1 aliphatic rings. The number of hydrogen-bond acceptors (Lipinski definition) is 4. The van der Waals surface area contributed by atoms with Crippen LogP contribution in [0.4, 0.5) is 18.9 Å².